The van der Waals surface area contributed by atoms with Crippen LogP contribution in [0.2, 0.25) is 0 Å². The van der Waals surface area contributed by atoms with Gasteiger partial charge in [-0.15, -0.1) is 0 Å². The molecule has 0 spiro atoms. The van der Waals surface area contributed by atoms with Crippen molar-refractivity contribution in [1.82, 2.24) is 9.80 Å². The van der Waals surface area contributed by atoms with E-state index in [-0.39, 0.29) is 30.4 Å². The number of likely N-dealkylation sites (N-methyl/N-ethyl adjacent to an activating group) is 1. The Morgan fingerprint density at radius 1 is 1.17 bits per heavy atom. The maximum absolute atomic E-state index is 12.8. The smallest absolute Gasteiger partial charge is 0.315 e. The highest BCUT2D eigenvalue weighted by Gasteiger charge is 2.25. The van der Waals surface area contributed by atoms with Crippen LogP contribution in [0.15, 0.2) is 42.0 Å². The minimum Gasteiger partial charge on any atom is -0.506 e. The number of nitro groups is 1. The van der Waals surface area contributed by atoms with E-state index in [2.05, 4.69) is 0 Å². The molecule has 2 aromatic rings. The van der Waals surface area contributed by atoms with Gasteiger partial charge in [0.2, 0.25) is 5.75 Å². The summed E-state index contributed by atoms with van der Waals surface area (Å²) >= 11 is 0. The van der Waals surface area contributed by atoms with Gasteiger partial charge in [0.1, 0.15) is 24.2 Å². The van der Waals surface area contributed by atoms with Crippen LogP contribution in [0.1, 0.15) is 15.9 Å². The lowest BCUT2D eigenvalue weighted by Crippen LogP contribution is -2.32. The Labute approximate surface area is 201 Å². The summed E-state index contributed by atoms with van der Waals surface area (Å²) in [6.07, 6.45) is 0. The van der Waals surface area contributed by atoms with Gasteiger partial charge in [0.05, 0.1) is 18.6 Å². The molecule has 2 N–H and O–H groups in total. The van der Waals surface area contributed by atoms with Gasteiger partial charge in [-0.2, -0.15) is 5.26 Å². The monoisotopic (exact) mass is 484 g/mol. The molecule has 2 rings (SSSR count). The number of aromatic hydroxyl groups is 1. The summed E-state index contributed by atoms with van der Waals surface area (Å²) in [5, 5.41) is 41.1. The molecule has 0 heterocycles. The molecule has 0 aliphatic heterocycles. The van der Waals surface area contributed by atoms with Gasteiger partial charge < -0.3 is 29.5 Å². The van der Waals surface area contributed by atoms with Crippen LogP contribution in [0.5, 0.6) is 17.2 Å². The van der Waals surface area contributed by atoms with Gasteiger partial charge in [-0.05, 0) is 24.3 Å². The lowest BCUT2D eigenvalue weighted by atomic mass is 10.1. The highest BCUT2D eigenvalue weighted by atomic mass is 16.6. The van der Waals surface area contributed by atoms with Gasteiger partial charge in [0.25, 0.3) is 11.8 Å². The summed E-state index contributed by atoms with van der Waals surface area (Å²) in [5.41, 5.74) is -1.28. The quantitative estimate of drug-likeness (QED) is 0.178. The molecular formula is C23H24N4O8. The van der Waals surface area contributed by atoms with E-state index >= 15 is 0 Å². The molecule has 35 heavy (non-hydrogen) atoms. The molecule has 0 bridgehead atoms. The van der Waals surface area contributed by atoms with Crippen LogP contribution in [0.4, 0.5) is 5.69 Å². The number of benzene rings is 2. The molecule has 0 unspecified atom stereocenters. The topological polar surface area (TPSA) is 166 Å². The van der Waals surface area contributed by atoms with Crippen LogP contribution in [0.25, 0.3) is 5.76 Å². The minimum atomic E-state index is -0.896. The molecule has 0 radical (unpaired) electrons. The van der Waals surface area contributed by atoms with Crippen molar-refractivity contribution in [3.8, 4) is 23.3 Å². The first kappa shape index (κ1) is 26.5. The van der Waals surface area contributed by atoms with Crippen LogP contribution in [0.3, 0.4) is 0 Å². The molecule has 0 aliphatic carbocycles. The SMILES string of the molecule is COc1cc(/C(O)=C(\C#N)C(=O)N(C)CCOc2cccc(C(=O)N(C)C)c2)cc([N+](=O)[O-])c1O. The zero-order chi connectivity index (χ0) is 26.3. The zero-order valence-corrected chi connectivity index (χ0v) is 19.5. The van der Waals surface area contributed by atoms with Gasteiger partial charge >= 0.3 is 5.69 Å². The number of hydrogen-bond donors (Lipinski definition) is 2. The van der Waals surface area contributed by atoms with Crippen LogP contribution in [-0.4, -0.2) is 78.2 Å². The van der Waals surface area contributed by atoms with Gasteiger partial charge in [-0.25, -0.2) is 0 Å². The highest BCUT2D eigenvalue weighted by molar-refractivity contribution is 6.03. The van der Waals surface area contributed by atoms with Gasteiger partial charge in [-0.1, -0.05) is 6.07 Å². The molecule has 12 heteroatoms. The number of nitrogens with zero attached hydrogens (tertiary/aromatic N) is 4. The van der Waals surface area contributed by atoms with Crippen molar-refractivity contribution in [1.29, 1.82) is 5.26 Å². The molecule has 12 nitrogen and oxygen atoms in total. The number of aliphatic hydroxyl groups excluding tert-OH is 1. The van der Waals surface area contributed by atoms with Crippen molar-refractivity contribution in [2.24, 2.45) is 0 Å². The van der Waals surface area contributed by atoms with E-state index in [4.69, 9.17) is 9.47 Å². The largest absolute Gasteiger partial charge is 0.506 e. The number of hydrogen-bond acceptors (Lipinski definition) is 9. The summed E-state index contributed by atoms with van der Waals surface area (Å²) in [5.74, 6) is -2.55. The van der Waals surface area contributed by atoms with Gasteiger partial charge in [0, 0.05) is 38.3 Å². The Bertz CT molecular complexity index is 1220. The third-order valence-corrected chi connectivity index (χ3v) is 4.84. The van der Waals surface area contributed by atoms with Crippen molar-refractivity contribution < 1.29 is 34.2 Å². The maximum Gasteiger partial charge on any atom is 0.315 e. The van der Waals surface area contributed by atoms with Crippen LogP contribution in [-0.2, 0) is 4.79 Å². The number of ether oxygens (including phenoxy) is 2. The molecule has 0 fully saturated rings. The van der Waals surface area contributed by atoms with E-state index in [0.29, 0.717) is 11.3 Å². The number of rotatable bonds is 9. The fourth-order valence-corrected chi connectivity index (χ4v) is 2.94. The van der Waals surface area contributed by atoms with E-state index in [1.807, 2.05) is 0 Å². The maximum atomic E-state index is 12.8. The molecule has 0 aliphatic rings. The Morgan fingerprint density at radius 3 is 2.43 bits per heavy atom. The van der Waals surface area contributed by atoms with Gasteiger partial charge in [-0.3, -0.25) is 19.7 Å². The van der Waals surface area contributed by atoms with Crippen molar-refractivity contribution in [3.05, 3.63) is 63.2 Å². The van der Waals surface area contributed by atoms with Crippen molar-refractivity contribution in [2.75, 3.05) is 41.4 Å². The second kappa shape index (κ2) is 11.4. The summed E-state index contributed by atoms with van der Waals surface area (Å²) in [7, 11) is 5.78. The molecule has 184 valence electrons. The zero-order valence-electron chi connectivity index (χ0n) is 19.5. The van der Waals surface area contributed by atoms with Gasteiger partial charge in [0.15, 0.2) is 11.3 Å². The summed E-state index contributed by atoms with van der Waals surface area (Å²) in [4.78, 5) is 37.7. The first-order valence-electron chi connectivity index (χ1n) is 10.1. The summed E-state index contributed by atoms with van der Waals surface area (Å²) < 4.78 is 10.5. The summed E-state index contributed by atoms with van der Waals surface area (Å²) in [6, 6.07) is 9.98. The fourth-order valence-electron chi connectivity index (χ4n) is 2.94. The lowest BCUT2D eigenvalue weighted by Gasteiger charge is -2.18. The highest BCUT2D eigenvalue weighted by Crippen LogP contribution is 2.38. The molecule has 2 amide bonds. The molecule has 0 atom stereocenters. The molecule has 0 saturated heterocycles. The van der Waals surface area contributed by atoms with Crippen LogP contribution >= 0.6 is 0 Å². The van der Waals surface area contributed by atoms with Crippen molar-refractivity contribution in [3.63, 3.8) is 0 Å². The van der Waals surface area contributed by atoms with E-state index in [1.165, 1.54) is 11.9 Å². The number of carbonyl (C=O) groups is 2. The molecular weight excluding hydrogens is 460 g/mol. The molecule has 0 aromatic heterocycles. The Hall–Kier alpha value is -4.79. The predicted octanol–water partition coefficient (Wildman–Crippen LogP) is 2.34. The minimum absolute atomic E-state index is 0.0137. The van der Waals surface area contributed by atoms with E-state index in [1.54, 1.807) is 44.4 Å². The number of aliphatic hydroxyl groups is 1. The van der Waals surface area contributed by atoms with E-state index < -0.39 is 33.6 Å². The number of amides is 2. The first-order chi connectivity index (χ1) is 16.5. The number of methoxy groups -OCH3 is 1. The number of nitriles is 1. The third-order valence-electron chi connectivity index (χ3n) is 4.84. The molecule has 0 saturated carbocycles. The molecule has 2 aromatic carbocycles. The first-order valence-corrected chi connectivity index (χ1v) is 10.1. The number of carbonyl (C=O) groups excluding carboxylic acids is 2. The average molecular weight is 484 g/mol. The second-order valence-electron chi connectivity index (χ2n) is 7.44. The van der Waals surface area contributed by atoms with Crippen molar-refractivity contribution >= 4 is 23.3 Å². The average Bonchev–Trinajstić information content (AvgIpc) is 2.83. The number of phenolic OH excluding ortho intramolecular Hbond substituents is 1. The van der Waals surface area contributed by atoms with Crippen LogP contribution < -0.4 is 9.47 Å². The number of phenols is 1. The number of nitro benzene ring substituents is 1. The second-order valence-corrected chi connectivity index (χ2v) is 7.44. The lowest BCUT2D eigenvalue weighted by molar-refractivity contribution is -0.386. The van der Waals surface area contributed by atoms with Crippen LogP contribution in [0, 0.1) is 21.4 Å². The van der Waals surface area contributed by atoms with E-state index in [0.717, 1.165) is 24.1 Å². The fraction of sp³-hybridized carbons (Fsp3) is 0.261. The Morgan fingerprint density at radius 2 is 1.86 bits per heavy atom. The van der Waals surface area contributed by atoms with E-state index in [9.17, 15) is 35.2 Å². The normalized spacial score (nSPS) is 11.1. The predicted molar refractivity (Wildman–Crippen MR) is 124 cm³/mol. The Kier molecular flexibility index (Phi) is 8.60. The van der Waals surface area contributed by atoms with Crippen molar-refractivity contribution in [2.45, 2.75) is 0 Å². The third kappa shape index (κ3) is 6.17. The summed E-state index contributed by atoms with van der Waals surface area (Å²) in [6.45, 7) is 0.0298. The Balaban J connectivity index is 2.19. The standard InChI is InChI=1S/C23H24N4O8/c1-25(2)22(30)14-6-5-7-16(10-14)35-9-8-26(3)23(31)17(13-24)20(28)15-11-18(27(32)33)21(29)19(12-15)34-4/h5-7,10-12,28-29H,8-9H2,1-4H3/b20-17-.